The molecule has 0 N–H and O–H groups in total. The van der Waals surface area contributed by atoms with Gasteiger partial charge in [-0.25, -0.2) is 0 Å². The van der Waals surface area contributed by atoms with E-state index >= 15 is 0 Å². The summed E-state index contributed by atoms with van der Waals surface area (Å²) in [6.07, 6.45) is 0.182. The number of nitro benzene ring substituents is 1. The van der Waals surface area contributed by atoms with E-state index in [1.165, 1.54) is 6.07 Å². The van der Waals surface area contributed by atoms with E-state index in [1.807, 2.05) is 11.0 Å². The predicted molar refractivity (Wildman–Crippen MR) is 125 cm³/mol. The van der Waals surface area contributed by atoms with E-state index in [4.69, 9.17) is 9.47 Å². The topological polar surface area (TPSA) is 105 Å². The van der Waals surface area contributed by atoms with Crippen LogP contribution in [0.25, 0.3) is 0 Å². The number of hydrogen-bond acceptors (Lipinski definition) is 7. The number of carbonyl (C=O) groups excluding carboxylic acids is 2. The molecule has 34 heavy (non-hydrogen) atoms. The van der Waals surface area contributed by atoms with Gasteiger partial charge in [0.15, 0.2) is 11.5 Å². The van der Waals surface area contributed by atoms with Gasteiger partial charge in [0.25, 0.3) is 5.69 Å². The fourth-order valence-electron chi connectivity index (χ4n) is 4.53. The molecule has 2 aliphatic rings. The van der Waals surface area contributed by atoms with Crippen LogP contribution >= 0.6 is 0 Å². The smallest absolute Gasteiger partial charge is 0.269 e. The van der Waals surface area contributed by atoms with Gasteiger partial charge in [-0.05, 0) is 17.7 Å². The summed E-state index contributed by atoms with van der Waals surface area (Å²) in [4.78, 5) is 42.1. The fraction of sp³-hybridized carbons (Fsp3) is 0.417. The van der Waals surface area contributed by atoms with E-state index in [0.717, 1.165) is 5.56 Å². The Morgan fingerprint density at radius 3 is 2.47 bits per heavy atom. The second kappa shape index (κ2) is 10.1. The van der Waals surface area contributed by atoms with Crippen molar-refractivity contribution in [1.29, 1.82) is 0 Å². The molecule has 2 aliphatic heterocycles. The molecule has 0 aliphatic carbocycles. The average Bonchev–Trinajstić information content (AvgIpc) is 3.25. The molecule has 2 saturated heterocycles. The van der Waals surface area contributed by atoms with Gasteiger partial charge in [-0.1, -0.05) is 12.1 Å². The van der Waals surface area contributed by atoms with Gasteiger partial charge < -0.3 is 19.3 Å². The third kappa shape index (κ3) is 4.96. The van der Waals surface area contributed by atoms with Crippen LogP contribution in [0.5, 0.6) is 11.5 Å². The summed E-state index contributed by atoms with van der Waals surface area (Å²) in [5.74, 6) is 0.626. The van der Waals surface area contributed by atoms with Crippen LogP contribution < -0.4 is 14.4 Å². The molecule has 180 valence electrons. The van der Waals surface area contributed by atoms with E-state index in [-0.39, 0.29) is 29.8 Å². The summed E-state index contributed by atoms with van der Waals surface area (Å²) in [7, 11) is 3.09. The lowest BCUT2D eigenvalue weighted by molar-refractivity contribution is -0.384. The summed E-state index contributed by atoms with van der Waals surface area (Å²) in [6.45, 7) is 3.41. The monoisotopic (exact) mass is 468 g/mol. The minimum atomic E-state index is -0.395. The number of nitro groups is 1. The molecule has 2 amide bonds. The van der Waals surface area contributed by atoms with Gasteiger partial charge in [0, 0.05) is 69.6 Å². The zero-order chi connectivity index (χ0) is 24.2. The number of methoxy groups -OCH3 is 2. The Morgan fingerprint density at radius 2 is 1.79 bits per heavy atom. The Balaban J connectivity index is 1.33. The minimum Gasteiger partial charge on any atom is -0.493 e. The number of rotatable bonds is 7. The molecule has 10 heteroatoms. The molecule has 2 heterocycles. The predicted octanol–water partition coefficient (Wildman–Crippen LogP) is 2.31. The van der Waals surface area contributed by atoms with E-state index < -0.39 is 4.92 Å². The summed E-state index contributed by atoms with van der Waals surface area (Å²) in [5.41, 5.74) is 1.64. The number of benzene rings is 2. The van der Waals surface area contributed by atoms with Gasteiger partial charge in [0.05, 0.1) is 25.1 Å². The molecule has 4 rings (SSSR count). The highest BCUT2D eigenvalue weighted by Crippen LogP contribution is 2.34. The SMILES string of the molecule is COc1ccc(N2CC(C(=O)N3CCN(Cc4cccc([N+](=O)[O-])c4)CC3)CC2=O)cc1OC. The number of anilines is 1. The molecule has 1 atom stereocenters. The standard InChI is InChI=1S/C24H28N4O6/c1-33-21-7-6-19(14-22(21)34-2)27-16-18(13-23(27)29)24(30)26-10-8-25(9-11-26)15-17-4-3-5-20(12-17)28(31)32/h3-7,12,14,18H,8-11,13,15-16H2,1-2H3. The zero-order valence-electron chi connectivity index (χ0n) is 19.3. The first-order valence-electron chi connectivity index (χ1n) is 11.2. The van der Waals surface area contributed by atoms with Crippen LogP contribution in [0.4, 0.5) is 11.4 Å². The van der Waals surface area contributed by atoms with Crippen LogP contribution in [0, 0.1) is 16.0 Å². The molecule has 0 saturated carbocycles. The molecule has 2 aromatic rings. The van der Waals surface area contributed by atoms with Gasteiger partial charge >= 0.3 is 0 Å². The molecular weight excluding hydrogens is 440 g/mol. The highest BCUT2D eigenvalue weighted by molar-refractivity contribution is 6.00. The number of piperazine rings is 1. The second-order valence-electron chi connectivity index (χ2n) is 8.47. The molecule has 0 radical (unpaired) electrons. The molecule has 0 bridgehead atoms. The number of non-ortho nitro benzene ring substituents is 1. The number of nitrogens with zero attached hydrogens (tertiary/aromatic N) is 4. The van der Waals surface area contributed by atoms with Crippen molar-refractivity contribution in [3.05, 3.63) is 58.1 Å². The number of ether oxygens (including phenoxy) is 2. The van der Waals surface area contributed by atoms with E-state index in [2.05, 4.69) is 4.90 Å². The summed E-state index contributed by atoms with van der Waals surface area (Å²) >= 11 is 0. The molecule has 1 unspecified atom stereocenters. The number of carbonyl (C=O) groups is 2. The van der Waals surface area contributed by atoms with Crippen molar-refractivity contribution < 1.29 is 24.0 Å². The Bertz CT molecular complexity index is 1080. The van der Waals surface area contributed by atoms with Crippen molar-refractivity contribution >= 4 is 23.2 Å². The van der Waals surface area contributed by atoms with Crippen LogP contribution in [-0.4, -0.2) is 73.5 Å². The van der Waals surface area contributed by atoms with Crippen molar-refractivity contribution in [3.63, 3.8) is 0 Å². The summed E-state index contributed by atoms with van der Waals surface area (Å²) in [6, 6.07) is 11.9. The third-order valence-corrected chi connectivity index (χ3v) is 6.36. The molecule has 0 spiro atoms. The molecule has 2 fully saturated rings. The second-order valence-corrected chi connectivity index (χ2v) is 8.47. The van der Waals surface area contributed by atoms with Gasteiger partial charge in [0.2, 0.25) is 11.8 Å². The van der Waals surface area contributed by atoms with E-state index in [1.54, 1.807) is 49.5 Å². The Kier molecular flexibility index (Phi) is 6.97. The highest BCUT2D eigenvalue weighted by atomic mass is 16.6. The van der Waals surface area contributed by atoms with E-state index in [9.17, 15) is 19.7 Å². The zero-order valence-corrected chi connectivity index (χ0v) is 19.3. The number of amides is 2. The maximum Gasteiger partial charge on any atom is 0.269 e. The molecular formula is C24H28N4O6. The van der Waals surface area contributed by atoms with Gasteiger partial charge in [-0.15, -0.1) is 0 Å². The highest BCUT2D eigenvalue weighted by Gasteiger charge is 2.38. The van der Waals surface area contributed by atoms with Crippen molar-refractivity contribution in [3.8, 4) is 11.5 Å². The van der Waals surface area contributed by atoms with Crippen molar-refractivity contribution in [2.24, 2.45) is 5.92 Å². The summed E-state index contributed by atoms with van der Waals surface area (Å²) < 4.78 is 10.6. The lowest BCUT2D eigenvalue weighted by atomic mass is 10.1. The first kappa shape index (κ1) is 23.5. The van der Waals surface area contributed by atoms with E-state index in [0.29, 0.717) is 56.5 Å². The van der Waals surface area contributed by atoms with Crippen LogP contribution in [-0.2, 0) is 16.1 Å². The van der Waals surface area contributed by atoms with Gasteiger partial charge in [-0.2, -0.15) is 0 Å². The van der Waals surface area contributed by atoms with Crippen LogP contribution in [0.15, 0.2) is 42.5 Å². The maximum atomic E-state index is 13.1. The van der Waals surface area contributed by atoms with Crippen LogP contribution in [0.1, 0.15) is 12.0 Å². The van der Waals surface area contributed by atoms with Gasteiger partial charge in [-0.3, -0.25) is 24.6 Å². The van der Waals surface area contributed by atoms with Crippen molar-refractivity contribution in [2.45, 2.75) is 13.0 Å². The maximum absolute atomic E-state index is 13.1. The fourth-order valence-corrected chi connectivity index (χ4v) is 4.53. The summed E-state index contributed by atoms with van der Waals surface area (Å²) in [5, 5.41) is 11.0. The Hall–Kier alpha value is -3.66. The third-order valence-electron chi connectivity index (χ3n) is 6.36. The lowest BCUT2D eigenvalue weighted by Gasteiger charge is -2.35. The first-order valence-corrected chi connectivity index (χ1v) is 11.2. The minimum absolute atomic E-state index is 0.00803. The lowest BCUT2D eigenvalue weighted by Crippen LogP contribution is -2.50. The molecule has 0 aromatic heterocycles. The van der Waals surface area contributed by atoms with Gasteiger partial charge in [0.1, 0.15) is 0 Å². The largest absolute Gasteiger partial charge is 0.493 e. The van der Waals surface area contributed by atoms with Crippen LogP contribution in [0.3, 0.4) is 0 Å². The quantitative estimate of drug-likeness (QED) is 0.454. The molecule has 2 aromatic carbocycles. The first-order chi connectivity index (χ1) is 16.4. The normalized spacial score (nSPS) is 18.8. The Labute approximate surface area is 197 Å². The molecule has 10 nitrogen and oxygen atoms in total. The van der Waals surface area contributed by atoms with Crippen molar-refractivity contribution in [1.82, 2.24) is 9.80 Å². The Morgan fingerprint density at radius 1 is 1.06 bits per heavy atom. The number of hydrogen-bond donors (Lipinski definition) is 0. The average molecular weight is 469 g/mol. The van der Waals surface area contributed by atoms with Crippen LogP contribution in [0.2, 0.25) is 0 Å². The van der Waals surface area contributed by atoms with Crippen molar-refractivity contribution in [2.75, 3.05) is 51.8 Å².